The topological polar surface area (TPSA) is 111 Å². The number of aliphatic carboxylic acids is 1. The van der Waals surface area contributed by atoms with Gasteiger partial charge in [-0.2, -0.15) is 0 Å². The number of benzene rings is 2. The maximum absolute atomic E-state index is 12.6. The van der Waals surface area contributed by atoms with Gasteiger partial charge in [0.1, 0.15) is 22.2 Å². The monoisotopic (exact) mass is 531 g/mol. The number of nitrogens with one attached hydrogen (secondary N) is 1. The van der Waals surface area contributed by atoms with Gasteiger partial charge in [-0.3, -0.25) is 4.79 Å². The van der Waals surface area contributed by atoms with Crippen molar-refractivity contribution >= 4 is 29.8 Å². The molecule has 0 aliphatic rings. The number of hydrogen-bond donors (Lipinski definition) is 2. The van der Waals surface area contributed by atoms with Gasteiger partial charge < -0.3 is 24.6 Å². The summed E-state index contributed by atoms with van der Waals surface area (Å²) in [6, 6.07) is 13.3. The number of methoxy groups -OCH3 is 1. The van der Waals surface area contributed by atoms with E-state index in [1.54, 1.807) is 72.9 Å². The highest BCUT2D eigenvalue weighted by Gasteiger charge is 2.32. The number of hydrogen-bond acceptors (Lipinski definition) is 7. The normalized spacial score (nSPS) is 13.3. The number of ether oxygens (including phenoxy) is 3. The summed E-state index contributed by atoms with van der Waals surface area (Å²) >= 11 is 1.21. The van der Waals surface area contributed by atoms with Crippen LogP contribution in [0.2, 0.25) is 0 Å². The van der Waals surface area contributed by atoms with E-state index in [2.05, 4.69) is 5.32 Å². The molecule has 0 aliphatic carbocycles. The van der Waals surface area contributed by atoms with E-state index < -0.39 is 40.5 Å². The molecule has 0 unspecified atom stereocenters. The van der Waals surface area contributed by atoms with E-state index in [0.29, 0.717) is 17.1 Å². The number of carbonyl (C=O) groups excluding carboxylic acids is 2. The first-order valence-corrected chi connectivity index (χ1v) is 13.0. The molecule has 2 atom stereocenters. The number of carboxylic acids is 1. The quantitative estimate of drug-likeness (QED) is 0.388. The van der Waals surface area contributed by atoms with Gasteiger partial charge in [0.05, 0.1) is 18.7 Å². The van der Waals surface area contributed by atoms with Crippen molar-refractivity contribution in [2.45, 2.75) is 76.2 Å². The number of amides is 1. The molecule has 0 radical (unpaired) electrons. The standard InChI is InChI=1S/C28H37NO7S/c1-27(2,3)35-25(32)20-12-8-18(9-13-20)16-22(29-26(33)36-28(4,5)6)23(24(30)31)37-17-19-10-14-21(34-7)15-11-19/h8-15,22-23H,16-17H2,1-7H3,(H,29,33)(H,30,31)/t22-,23-/m0/s1. The second-order valence-electron chi connectivity index (χ2n) is 10.6. The molecular formula is C28H37NO7S. The summed E-state index contributed by atoms with van der Waals surface area (Å²) in [7, 11) is 1.58. The molecule has 202 valence electrons. The Morgan fingerprint density at radius 2 is 1.41 bits per heavy atom. The molecule has 0 spiro atoms. The van der Waals surface area contributed by atoms with Crippen LogP contribution in [0.4, 0.5) is 4.79 Å². The van der Waals surface area contributed by atoms with Crippen molar-refractivity contribution in [3.63, 3.8) is 0 Å². The van der Waals surface area contributed by atoms with Gasteiger partial charge in [-0.1, -0.05) is 24.3 Å². The van der Waals surface area contributed by atoms with Crippen molar-refractivity contribution in [2.24, 2.45) is 0 Å². The minimum atomic E-state index is -1.05. The maximum Gasteiger partial charge on any atom is 0.407 e. The van der Waals surface area contributed by atoms with Crippen LogP contribution in [-0.4, -0.2) is 52.7 Å². The van der Waals surface area contributed by atoms with Crippen LogP contribution in [0.1, 0.15) is 63.0 Å². The van der Waals surface area contributed by atoms with Gasteiger partial charge in [0.2, 0.25) is 0 Å². The maximum atomic E-state index is 12.6. The summed E-state index contributed by atoms with van der Waals surface area (Å²) in [6.45, 7) is 10.6. The molecule has 2 rings (SSSR count). The Morgan fingerprint density at radius 1 is 0.865 bits per heavy atom. The number of esters is 1. The molecule has 9 heteroatoms. The first-order valence-electron chi connectivity index (χ1n) is 12.0. The van der Waals surface area contributed by atoms with Gasteiger partial charge in [0, 0.05) is 5.75 Å². The van der Waals surface area contributed by atoms with Crippen molar-refractivity contribution in [2.75, 3.05) is 7.11 Å². The van der Waals surface area contributed by atoms with Gasteiger partial charge >= 0.3 is 18.0 Å². The van der Waals surface area contributed by atoms with Crippen LogP contribution in [0.5, 0.6) is 5.75 Å². The second-order valence-corrected chi connectivity index (χ2v) is 11.7. The fraction of sp³-hybridized carbons (Fsp3) is 0.464. The minimum Gasteiger partial charge on any atom is -0.497 e. The Hall–Kier alpha value is -3.20. The smallest absolute Gasteiger partial charge is 0.407 e. The van der Waals surface area contributed by atoms with Crippen molar-refractivity contribution in [3.8, 4) is 5.75 Å². The first kappa shape index (κ1) is 30.0. The predicted molar refractivity (Wildman–Crippen MR) is 144 cm³/mol. The van der Waals surface area contributed by atoms with Crippen LogP contribution < -0.4 is 10.1 Å². The Kier molecular flexibility index (Phi) is 10.4. The Balaban J connectivity index is 2.23. The summed E-state index contributed by atoms with van der Waals surface area (Å²) in [4.78, 5) is 37.2. The lowest BCUT2D eigenvalue weighted by Crippen LogP contribution is -2.48. The highest BCUT2D eigenvalue weighted by atomic mass is 32.2. The van der Waals surface area contributed by atoms with Crippen LogP contribution in [0, 0.1) is 0 Å². The average molecular weight is 532 g/mol. The molecule has 2 N–H and O–H groups in total. The number of alkyl carbamates (subject to hydrolysis) is 1. The fourth-order valence-corrected chi connectivity index (χ4v) is 4.43. The van der Waals surface area contributed by atoms with Crippen molar-refractivity contribution in [1.82, 2.24) is 5.32 Å². The molecule has 0 aromatic heterocycles. The molecule has 0 aliphatic heterocycles. The second kappa shape index (κ2) is 12.9. The molecule has 0 saturated carbocycles. The largest absolute Gasteiger partial charge is 0.497 e. The zero-order chi connectivity index (χ0) is 27.8. The van der Waals surface area contributed by atoms with Crippen LogP contribution in [0.25, 0.3) is 0 Å². The Bertz CT molecular complexity index is 1050. The molecular weight excluding hydrogens is 494 g/mol. The van der Waals surface area contributed by atoms with Gasteiger partial charge in [-0.05, 0) is 83.4 Å². The first-order chi connectivity index (χ1) is 17.2. The molecule has 0 fully saturated rings. The van der Waals surface area contributed by atoms with E-state index in [0.717, 1.165) is 11.1 Å². The Morgan fingerprint density at radius 3 is 1.89 bits per heavy atom. The van der Waals surface area contributed by atoms with Crippen LogP contribution >= 0.6 is 11.8 Å². The van der Waals surface area contributed by atoms with Crippen LogP contribution in [-0.2, 0) is 26.4 Å². The number of carboxylic acid groups (broad SMARTS) is 1. The van der Waals surface area contributed by atoms with E-state index in [4.69, 9.17) is 14.2 Å². The molecule has 1 amide bonds. The lowest BCUT2D eigenvalue weighted by atomic mass is 10.0. The predicted octanol–water partition coefficient (Wildman–Crippen LogP) is 5.47. The summed E-state index contributed by atoms with van der Waals surface area (Å²) in [5, 5.41) is 11.9. The third kappa shape index (κ3) is 10.8. The summed E-state index contributed by atoms with van der Waals surface area (Å²) < 4.78 is 16.0. The van der Waals surface area contributed by atoms with Crippen LogP contribution in [0.15, 0.2) is 48.5 Å². The molecule has 2 aromatic carbocycles. The van der Waals surface area contributed by atoms with E-state index in [-0.39, 0.29) is 6.42 Å². The summed E-state index contributed by atoms with van der Waals surface area (Å²) in [6.07, 6.45) is -0.473. The third-order valence-electron chi connectivity index (χ3n) is 4.94. The average Bonchev–Trinajstić information content (AvgIpc) is 2.77. The lowest BCUT2D eigenvalue weighted by Gasteiger charge is -2.27. The molecule has 37 heavy (non-hydrogen) atoms. The highest BCUT2D eigenvalue weighted by Crippen LogP contribution is 2.25. The molecule has 8 nitrogen and oxygen atoms in total. The van der Waals surface area contributed by atoms with Gasteiger partial charge in [0.25, 0.3) is 0 Å². The Labute approximate surface area is 223 Å². The number of thioether (sulfide) groups is 1. The number of rotatable bonds is 10. The van der Waals surface area contributed by atoms with Gasteiger partial charge in [-0.15, -0.1) is 11.8 Å². The molecule has 0 heterocycles. The summed E-state index contributed by atoms with van der Waals surface area (Å²) in [5.74, 6) is -0.362. The van der Waals surface area contributed by atoms with E-state index in [1.807, 2.05) is 24.3 Å². The van der Waals surface area contributed by atoms with Crippen LogP contribution in [0.3, 0.4) is 0 Å². The van der Waals surface area contributed by atoms with E-state index >= 15 is 0 Å². The minimum absolute atomic E-state index is 0.223. The van der Waals surface area contributed by atoms with Crippen molar-refractivity contribution < 1.29 is 33.7 Å². The highest BCUT2D eigenvalue weighted by molar-refractivity contribution is 7.99. The molecule has 0 saturated heterocycles. The summed E-state index contributed by atoms with van der Waals surface area (Å²) in [5.41, 5.74) is 0.713. The van der Waals surface area contributed by atoms with Crippen molar-refractivity contribution in [1.29, 1.82) is 0 Å². The number of carbonyl (C=O) groups is 3. The van der Waals surface area contributed by atoms with Gasteiger partial charge in [-0.25, -0.2) is 9.59 Å². The third-order valence-corrected chi connectivity index (χ3v) is 6.33. The molecule has 0 bridgehead atoms. The van der Waals surface area contributed by atoms with E-state index in [9.17, 15) is 19.5 Å². The zero-order valence-corrected chi connectivity index (χ0v) is 23.3. The van der Waals surface area contributed by atoms with Gasteiger partial charge in [0.15, 0.2) is 0 Å². The zero-order valence-electron chi connectivity index (χ0n) is 22.5. The lowest BCUT2D eigenvalue weighted by molar-refractivity contribution is -0.136. The molecule has 2 aromatic rings. The van der Waals surface area contributed by atoms with E-state index in [1.165, 1.54) is 11.8 Å². The SMILES string of the molecule is COc1ccc(CS[C@H](C(=O)O)[C@H](Cc2ccc(C(=O)OC(C)(C)C)cc2)NC(=O)OC(C)(C)C)cc1. The fourth-order valence-electron chi connectivity index (χ4n) is 3.33. The van der Waals surface area contributed by atoms with Crippen molar-refractivity contribution in [3.05, 3.63) is 65.2 Å².